The van der Waals surface area contributed by atoms with Crippen molar-refractivity contribution in [2.24, 2.45) is 11.1 Å². The van der Waals surface area contributed by atoms with E-state index in [1.807, 2.05) is 17.0 Å². The van der Waals surface area contributed by atoms with Gasteiger partial charge in [-0.25, -0.2) is 0 Å². The van der Waals surface area contributed by atoms with Crippen molar-refractivity contribution < 1.29 is 4.79 Å². The topological polar surface area (TPSA) is 95.9 Å². The van der Waals surface area contributed by atoms with Crippen molar-refractivity contribution in [1.29, 1.82) is 5.26 Å². The lowest BCUT2D eigenvalue weighted by Crippen LogP contribution is -2.42. The van der Waals surface area contributed by atoms with Crippen LogP contribution in [0, 0.1) is 16.7 Å². The molecule has 2 aromatic rings. The number of aromatic nitrogens is 2. The van der Waals surface area contributed by atoms with E-state index in [4.69, 9.17) is 5.73 Å². The molecule has 34 heavy (non-hydrogen) atoms. The van der Waals surface area contributed by atoms with Gasteiger partial charge in [0.25, 0.3) is 0 Å². The van der Waals surface area contributed by atoms with Crippen LogP contribution < -0.4 is 10.6 Å². The lowest BCUT2D eigenvalue weighted by atomic mass is 9.68. The van der Waals surface area contributed by atoms with Gasteiger partial charge in [0.05, 0.1) is 17.6 Å². The van der Waals surface area contributed by atoms with Gasteiger partial charge < -0.3 is 5.73 Å². The van der Waals surface area contributed by atoms with Crippen molar-refractivity contribution in [3.63, 3.8) is 0 Å². The van der Waals surface area contributed by atoms with Crippen molar-refractivity contribution in [3.05, 3.63) is 58.1 Å². The monoisotopic (exact) mass is 493 g/mol. The second-order valence-electron chi connectivity index (χ2n) is 10.0. The normalized spacial score (nSPS) is 20.1. The molecule has 1 unspecified atom stereocenters. The molecule has 0 fully saturated rings. The van der Waals surface area contributed by atoms with Crippen LogP contribution in [0.2, 0.25) is 0 Å². The summed E-state index contributed by atoms with van der Waals surface area (Å²) in [6, 6.07) is 10.6. The number of carbonyl (C=O) groups is 1. The maximum atomic E-state index is 13.6. The highest BCUT2D eigenvalue weighted by Crippen LogP contribution is 2.50. The summed E-state index contributed by atoms with van der Waals surface area (Å²) < 4.78 is 0.859. The van der Waals surface area contributed by atoms with Gasteiger partial charge in [-0.15, -0.1) is 10.2 Å². The second kappa shape index (κ2) is 9.55. The fraction of sp³-hybridized carbons (Fsp3) is 0.462. The van der Waals surface area contributed by atoms with Crippen LogP contribution in [0.15, 0.2) is 51.3 Å². The van der Waals surface area contributed by atoms with E-state index in [2.05, 4.69) is 63.0 Å². The van der Waals surface area contributed by atoms with Crippen LogP contribution in [-0.2, 0) is 4.79 Å². The fourth-order valence-corrected chi connectivity index (χ4v) is 6.48. The molecule has 1 aromatic heterocycles. The molecule has 178 valence electrons. The number of nitrogens with two attached hydrogens (primary N) is 1. The lowest BCUT2D eigenvalue weighted by molar-refractivity contribution is -0.118. The van der Waals surface area contributed by atoms with E-state index in [1.54, 1.807) is 11.8 Å². The minimum Gasteiger partial charge on any atom is -0.384 e. The van der Waals surface area contributed by atoms with E-state index in [-0.39, 0.29) is 11.2 Å². The van der Waals surface area contributed by atoms with Crippen LogP contribution in [-0.4, -0.2) is 21.7 Å². The third kappa shape index (κ3) is 4.51. The third-order valence-corrected chi connectivity index (χ3v) is 8.58. The maximum Gasteiger partial charge on any atom is 0.219 e. The first-order valence-corrected chi connectivity index (χ1v) is 13.5. The minimum absolute atomic E-state index is 0.0690. The quantitative estimate of drug-likeness (QED) is 0.485. The predicted octanol–water partition coefficient (Wildman–Crippen LogP) is 6.10. The highest BCUT2D eigenvalue weighted by molar-refractivity contribution is 8.01. The third-order valence-electron chi connectivity index (χ3n) is 6.33. The summed E-state index contributed by atoms with van der Waals surface area (Å²) in [5, 5.41) is 19.6. The number of benzene rings is 1. The molecular formula is C26H31N5OS2. The molecule has 0 radical (unpaired) electrons. The summed E-state index contributed by atoms with van der Waals surface area (Å²) in [7, 11) is 0. The Morgan fingerprint density at radius 2 is 1.97 bits per heavy atom. The second-order valence-corrected chi connectivity index (χ2v) is 12.3. The first-order chi connectivity index (χ1) is 16.2. The number of allylic oxidation sites excluding steroid dienone is 3. The molecule has 0 spiro atoms. The molecule has 6 nitrogen and oxygen atoms in total. The minimum atomic E-state index is -0.470. The molecule has 2 N–H and O–H groups in total. The van der Waals surface area contributed by atoms with Gasteiger partial charge in [-0.05, 0) is 35.3 Å². The summed E-state index contributed by atoms with van der Waals surface area (Å²) in [5.74, 6) is 1.29. The van der Waals surface area contributed by atoms with Crippen LogP contribution in [0.3, 0.4) is 0 Å². The summed E-state index contributed by atoms with van der Waals surface area (Å²) in [6.07, 6.45) is 2.15. The van der Waals surface area contributed by atoms with Gasteiger partial charge in [0.2, 0.25) is 5.13 Å². The Morgan fingerprint density at radius 3 is 2.59 bits per heavy atom. The van der Waals surface area contributed by atoms with Crippen molar-refractivity contribution in [1.82, 2.24) is 10.2 Å². The standard InChI is InChI=1S/C26H31N5OS2/c1-6-11-33-25-30-29-24(34-25)31-19-12-26(4,5)13-20(32)22(19)21(18(14-27)23(31)28)17-9-7-16(8-10-17)15(2)3/h7-10,15,21H,6,11-13,28H2,1-5H3. The molecule has 1 aliphatic heterocycles. The van der Waals surface area contributed by atoms with Crippen LogP contribution >= 0.6 is 23.1 Å². The van der Waals surface area contributed by atoms with Crippen LogP contribution in [0.25, 0.3) is 0 Å². The zero-order valence-electron chi connectivity index (χ0n) is 20.4. The van der Waals surface area contributed by atoms with E-state index >= 15 is 0 Å². The molecule has 4 rings (SSSR count). The van der Waals surface area contributed by atoms with Crippen LogP contribution in [0.5, 0.6) is 0 Å². The van der Waals surface area contributed by atoms with Crippen LogP contribution in [0.1, 0.15) is 76.8 Å². The molecule has 0 amide bonds. The van der Waals surface area contributed by atoms with E-state index in [1.165, 1.54) is 16.9 Å². The van der Waals surface area contributed by atoms with Gasteiger partial charge in [0, 0.05) is 23.4 Å². The molecule has 0 saturated heterocycles. The van der Waals surface area contributed by atoms with Gasteiger partial charge in [-0.3, -0.25) is 9.69 Å². The van der Waals surface area contributed by atoms with Gasteiger partial charge >= 0.3 is 0 Å². The summed E-state index contributed by atoms with van der Waals surface area (Å²) >= 11 is 3.11. The predicted molar refractivity (Wildman–Crippen MR) is 139 cm³/mol. The number of rotatable bonds is 6. The van der Waals surface area contributed by atoms with Gasteiger partial charge in [0.1, 0.15) is 5.82 Å². The number of hydrogen-bond acceptors (Lipinski definition) is 8. The Kier molecular flexibility index (Phi) is 6.88. The van der Waals surface area contributed by atoms with Gasteiger partial charge in [0.15, 0.2) is 10.1 Å². The zero-order chi connectivity index (χ0) is 24.6. The molecular weight excluding hydrogens is 462 g/mol. The highest BCUT2D eigenvalue weighted by atomic mass is 32.2. The van der Waals surface area contributed by atoms with E-state index in [0.29, 0.717) is 40.9 Å². The summed E-state index contributed by atoms with van der Waals surface area (Å²) in [4.78, 5) is 15.4. The van der Waals surface area contributed by atoms with Crippen LogP contribution in [0.4, 0.5) is 5.13 Å². The highest BCUT2D eigenvalue weighted by Gasteiger charge is 2.45. The Labute approximate surface area is 209 Å². The number of ketones is 1. The number of Topliss-reactive ketones (excluding diaryl/α,β-unsaturated/α-hetero) is 1. The molecule has 0 saturated carbocycles. The van der Waals surface area contributed by atoms with Crippen molar-refractivity contribution >= 4 is 34.0 Å². The number of anilines is 1. The van der Waals surface area contributed by atoms with Crippen molar-refractivity contribution in [2.75, 3.05) is 10.7 Å². The maximum absolute atomic E-state index is 13.6. The average molecular weight is 494 g/mol. The van der Waals surface area contributed by atoms with E-state index in [9.17, 15) is 10.1 Å². The number of carbonyl (C=O) groups excluding carboxylic acids is 1. The van der Waals surface area contributed by atoms with Crippen molar-refractivity contribution in [3.8, 4) is 6.07 Å². The Hall–Kier alpha value is -2.63. The number of nitrogens with zero attached hydrogens (tertiary/aromatic N) is 4. The number of thioether (sulfide) groups is 1. The molecule has 2 heterocycles. The number of hydrogen-bond donors (Lipinski definition) is 1. The first kappa shape index (κ1) is 24.5. The lowest BCUT2D eigenvalue weighted by Gasteiger charge is -2.42. The first-order valence-electron chi connectivity index (χ1n) is 11.7. The molecule has 8 heteroatoms. The molecule has 1 aromatic carbocycles. The molecule has 0 bridgehead atoms. The Morgan fingerprint density at radius 1 is 1.26 bits per heavy atom. The fourth-order valence-electron chi connectivity index (χ4n) is 4.67. The molecule has 1 atom stereocenters. The van der Waals surface area contributed by atoms with E-state index in [0.717, 1.165) is 27.8 Å². The van der Waals surface area contributed by atoms with E-state index < -0.39 is 5.92 Å². The summed E-state index contributed by atoms with van der Waals surface area (Å²) in [5.41, 5.74) is 10.5. The SMILES string of the molecule is CCCSc1nnc(N2C(N)=C(C#N)C(c3ccc(C(C)C)cc3)C3=C2CC(C)(C)CC3=O)s1. The Bertz CT molecular complexity index is 1200. The average Bonchev–Trinajstić information content (AvgIpc) is 3.24. The smallest absolute Gasteiger partial charge is 0.219 e. The Balaban J connectivity index is 1.88. The number of nitriles is 1. The van der Waals surface area contributed by atoms with Gasteiger partial charge in [-0.1, -0.05) is 82.0 Å². The van der Waals surface area contributed by atoms with Crippen molar-refractivity contribution in [2.45, 2.75) is 70.1 Å². The summed E-state index contributed by atoms with van der Waals surface area (Å²) in [6.45, 7) is 10.6. The molecule has 1 aliphatic carbocycles. The van der Waals surface area contributed by atoms with Gasteiger partial charge in [-0.2, -0.15) is 5.26 Å². The zero-order valence-corrected chi connectivity index (χ0v) is 22.0. The largest absolute Gasteiger partial charge is 0.384 e. The molecule has 2 aliphatic rings.